The fourth-order valence-corrected chi connectivity index (χ4v) is 4.53. The van der Waals surface area contributed by atoms with Crippen molar-refractivity contribution in [3.8, 4) is 0 Å². The fraction of sp³-hybridized carbons (Fsp3) is 0.375. The molecule has 160 valence electrons. The van der Waals surface area contributed by atoms with Crippen LogP contribution < -0.4 is 15.5 Å². The van der Waals surface area contributed by atoms with Gasteiger partial charge in [-0.25, -0.2) is 15.0 Å². The average molecular weight is 416 g/mol. The number of benzene rings is 1. The van der Waals surface area contributed by atoms with Gasteiger partial charge in [0.1, 0.15) is 11.3 Å². The minimum Gasteiger partial charge on any atom is -0.367 e. The summed E-state index contributed by atoms with van der Waals surface area (Å²) < 4.78 is 2.26. The SMILES string of the molecule is CC(C)n1ccc2ccc3cnc(Nc4ccc(N5C[C@@H](C)N[C@@H](C)C5)cn4)nc3c21. The molecule has 5 rings (SSSR count). The molecule has 4 aromatic rings. The van der Waals surface area contributed by atoms with Crippen molar-refractivity contribution >= 4 is 39.3 Å². The summed E-state index contributed by atoms with van der Waals surface area (Å²) in [5.41, 5.74) is 3.24. The summed E-state index contributed by atoms with van der Waals surface area (Å²) in [6.07, 6.45) is 5.93. The van der Waals surface area contributed by atoms with E-state index in [0.29, 0.717) is 24.1 Å². The van der Waals surface area contributed by atoms with Crippen molar-refractivity contribution in [2.45, 2.75) is 45.8 Å². The van der Waals surface area contributed by atoms with Gasteiger partial charge in [0.05, 0.1) is 17.4 Å². The van der Waals surface area contributed by atoms with Crippen LogP contribution in [0.25, 0.3) is 21.8 Å². The number of nitrogens with one attached hydrogen (secondary N) is 2. The summed E-state index contributed by atoms with van der Waals surface area (Å²) in [6.45, 7) is 10.8. The summed E-state index contributed by atoms with van der Waals surface area (Å²) in [6, 6.07) is 11.8. The second-order valence-corrected chi connectivity index (χ2v) is 8.85. The van der Waals surface area contributed by atoms with Crippen molar-refractivity contribution in [3.63, 3.8) is 0 Å². The van der Waals surface area contributed by atoms with Gasteiger partial charge in [-0.15, -0.1) is 0 Å². The van der Waals surface area contributed by atoms with Crippen LogP contribution in [0.5, 0.6) is 0 Å². The summed E-state index contributed by atoms with van der Waals surface area (Å²) in [5.74, 6) is 1.30. The molecular weight excluding hydrogens is 386 g/mol. The Morgan fingerprint density at radius 1 is 0.968 bits per heavy atom. The van der Waals surface area contributed by atoms with E-state index >= 15 is 0 Å². The Bertz CT molecular complexity index is 1200. The van der Waals surface area contributed by atoms with Gasteiger partial charge >= 0.3 is 0 Å². The van der Waals surface area contributed by atoms with E-state index in [-0.39, 0.29) is 0 Å². The minimum absolute atomic E-state index is 0.360. The van der Waals surface area contributed by atoms with Crippen molar-refractivity contribution in [3.05, 3.63) is 48.9 Å². The topological polar surface area (TPSA) is 70.9 Å². The Kier molecular flexibility index (Phi) is 4.98. The molecule has 7 heteroatoms. The lowest BCUT2D eigenvalue weighted by Crippen LogP contribution is -2.54. The highest BCUT2D eigenvalue weighted by Crippen LogP contribution is 2.28. The lowest BCUT2D eigenvalue weighted by molar-refractivity contribution is 0.407. The molecule has 0 aliphatic carbocycles. The number of aromatic nitrogens is 4. The van der Waals surface area contributed by atoms with Gasteiger partial charge in [0.2, 0.25) is 5.95 Å². The van der Waals surface area contributed by atoms with Crippen molar-refractivity contribution in [2.24, 2.45) is 0 Å². The van der Waals surface area contributed by atoms with E-state index in [1.54, 1.807) is 0 Å². The van der Waals surface area contributed by atoms with E-state index in [1.165, 1.54) is 5.39 Å². The third-order valence-electron chi connectivity index (χ3n) is 5.90. The van der Waals surface area contributed by atoms with Crippen LogP contribution in [-0.2, 0) is 0 Å². The lowest BCUT2D eigenvalue weighted by Gasteiger charge is -2.37. The van der Waals surface area contributed by atoms with Crippen LogP contribution >= 0.6 is 0 Å². The van der Waals surface area contributed by atoms with Crippen molar-refractivity contribution in [1.82, 2.24) is 24.8 Å². The second-order valence-electron chi connectivity index (χ2n) is 8.85. The summed E-state index contributed by atoms with van der Waals surface area (Å²) in [5, 5.41) is 9.06. The number of hydrogen-bond donors (Lipinski definition) is 2. The second kappa shape index (κ2) is 7.81. The quantitative estimate of drug-likeness (QED) is 0.512. The van der Waals surface area contributed by atoms with Crippen LogP contribution in [-0.4, -0.2) is 44.7 Å². The highest BCUT2D eigenvalue weighted by Gasteiger charge is 2.21. The maximum absolute atomic E-state index is 4.84. The van der Waals surface area contributed by atoms with E-state index in [1.807, 2.05) is 18.5 Å². The Labute approximate surface area is 182 Å². The molecule has 1 fully saturated rings. The molecule has 0 unspecified atom stereocenters. The van der Waals surface area contributed by atoms with Crippen LogP contribution in [0.1, 0.15) is 33.7 Å². The smallest absolute Gasteiger partial charge is 0.228 e. The van der Waals surface area contributed by atoms with Crippen LogP contribution in [0.15, 0.2) is 48.9 Å². The molecule has 7 nitrogen and oxygen atoms in total. The largest absolute Gasteiger partial charge is 0.367 e. The van der Waals surface area contributed by atoms with Gasteiger partial charge in [-0.3, -0.25) is 0 Å². The highest BCUT2D eigenvalue weighted by molar-refractivity contribution is 6.03. The summed E-state index contributed by atoms with van der Waals surface area (Å²) in [7, 11) is 0. The zero-order valence-corrected chi connectivity index (χ0v) is 18.5. The maximum Gasteiger partial charge on any atom is 0.228 e. The number of fused-ring (bicyclic) bond motifs is 3. The van der Waals surface area contributed by atoms with E-state index in [4.69, 9.17) is 4.98 Å². The van der Waals surface area contributed by atoms with E-state index < -0.39 is 0 Å². The van der Waals surface area contributed by atoms with Gasteiger partial charge < -0.3 is 20.1 Å². The van der Waals surface area contributed by atoms with Gasteiger partial charge in [-0.1, -0.05) is 12.1 Å². The van der Waals surface area contributed by atoms with E-state index in [0.717, 1.165) is 41.0 Å². The zero-order valence-electron chi connectivity index (χ0n) is 18.5. The zero-order chi connectivity index (χ0) is 21.5. The molecule has 0 radical (unpaired) electrons. The molecule has 1 aliphatic heterocycles. The number of hydrogen-bond acceptors (Lipinski definition) is 6. The molecule has 1 aliphatic rings. The Balaban J connectivity index is 1.42. The number of rotatable bonds is 4. The lowest BCUT2D eigenvalue weighted by atomic mass is 10.1. The normalized spacial score (nSPS) is 19.5. The van der Waals surface area contributed by atoms with Crippen LogP contribution in [0, 0.1) is 0 Å². The number of anilines is 3. The van der Waals surface area contributed by atoms with Crippen LogP contribution in [0.3, 0.4) is 0 Å². The Hall–Kier alpha value is -3.19. The van der Waals surface area contributed by atoms with Gasteiger partial charge in [-0.05, 0) is 45.9 Å². The first-order valence-corrected chi connectivity index (χ1v) is 11.0. The monoisotopic (exact) mass is 415 g/mol. The van der Waals surface area contributed by atoms with Crippen LogP contribution in [0.4, 0.5) is 17.5 Å². The van der Waals surface area contributed by atoms with Crippen molar-refractivity contribution < 1.29 is 0 Å². The Morgan fingerprint density at radius 3 is 2.45 bits per heavy atom. The Morgan fingerprint density at radius 2 is 1.74 bits per heavy atom. The molecule has 0 saturated carbocycles. The van der Waals surface area contributed by atoms with Gasteiger partial charge in [0.15, 0.2) is 0 Å². The first kappa shape index (κ1) is 19.8. The van der Waals surface area contributed by atoms with Crippen LogP contribution in [0.2, 0.25) is 0 Å². The van der Waals surface area contributed by atoms with Gasteiger partial charge in [0, 0.05) is 54.4 Å². The van der Waals surface area contributed by atoms with E-state index in [9.17, 15) is 0 Å². The summed E-state index contributed by atoms with van der Waals surface area (Å²) in [4.78, 5) is 16.4. The van der Waals surface area contributed by atoms with E-state index in [2.05, 4.69) is 88.2 Å². The molecule has 31 heavy (non-hydrogen) atoms. The molecular formula is C24H29N7. The fourth-order valence-electron chi connectivity index (χ4n) is 4.53. The van der Waals surface area contributed by atoms with Gasteiger partial charge in [-0.2, -0.15) is 0 Å². The molecule has 2 atom stereocenters. The molecule has 1 aromatic carbocycles. The third kappa shape index (κ3) is 3.81. The first-order valence-electron chi connectivity index (χ1n) is 11.0. The number of pyridine rings is 1. The molecule has 1 saturated heterocycles. The van der Waals surface area contributed by atoms with Gasteiger partial charge in [0.25, 0.3) is 0 Å². The minimum atomic E-state index is 0.360. The molecule has 0 spiro atoms. The standard InChI is InChI=1S/C24H29N7/c1-15(2)31-10-9-18-5-6-19-11-26-24(29-22(19)23(18)31)28-21-8-7-20(12-25-21)30-13-16(3)27-17(4)14-30/h5-12,15-17,27H,13-14H2,1-4H3,(H,25,26,28,29)/t16-,17+. The number of nitrogens with zero attached hydrogens (tertiary/aromatic N) is 5. The highest BCUT2D eigenvalue weighted by atomic mass is 15.2. The van der Waals surface area contributed by atoms with Crippen molar-refractivity contribution in [2.75, 3.05) is 23.3 Å². The molecule has 4 heterocycles. The molecule has 2 N–H and O–H groups in total. The molecule has 0 bridgehead atoms. The third-order valence-corrected chi connectivity index (χ3v) is 5.90. The molecule has 0 amide bonds. The summed E-state index contributed by atoms with van der Waals surface area (Å²) >= 11 is 0. The predicted molar refractivity (Wildman–Crippen MR) is 127 cm³/mol. The first-order chi connectivity index (χ1) is 15.0. The predicted octanol–water partition coefficient (Wildman–Crippen LogP) is 4.49. The molecule has 3 aromatic heterocycles. The average Bonchev–Trinajstić information content (AvgIpc) is 3.19. The maximum atomic E-state index is 4.84. The van der Waals surface area contributed by atoms with Crippen molar-refractivity contribution in [1.29, 1.82) is 0 Å². The number of piperazine rings is 1.